The molecule has 2 heterocycles. The Kier molecular flexibility index (Phi) is 3.03. The highest BCUT2D eigenvalue weighted by atomic mass is 16.2. The number of hydrogen-bond acceptors (Lipinski definition) is 3. The first-order valence-electron chi connectivity index (χ1n) is 8.15. The number of amides is 2. The Morgan fingerprint density at radius 2 is 2.23 bits per heavy atom. The van der Waals surface area contributed by atoms with Crippen LogP contribution in [0.25, 0.3) is 0 Å². The van der Waals surface area contributed by atoms with Crippen molar-refractivity contribution in [2.45, 2.75) is 38.6 Å². The quantitative estimate of drug-likeness (QED) is 0.907. The van der Waals surface area contributed by atoms with E-state index in [4.69, 9.17) is 0 Å². The molecule has 0 unspecified atom stereocenters. The number of fused-ring (bicyclic) bond motifs is 1. The van der Waals surface area contributed by atoms with E-state index in [0.29, 0.717) is 24.9 Å². The number of aryl methyl sites for hydroxylation is 1. The zero-order valence-corrected chi connectivity index (χ0v) is 13.0. The largest absolute Gasteiger partial charge is 0.337 e. The summed E-state index contributed by atoms with van der Waals surface area (Å²) in [6.45, 7) is 1.84. The summed E-state index contributed by atoms with van der Waals surface area (Å²) < 4.78 is 1.50. The molecule has 1 N–H and O–H groups in total. The van der Waals surface area contributed by atoms with Crippen LogP contribution >= 0.6 is 0 Å². The van der Waals surface area contributed by atoms with Crippen LogP contribution in [-0.4, -0.2) is 33.6 Å². The lowest BCUT2D eigenvalue weighted by Crippen LogP contribution is -2.46. The number of carbonyl (C=O) groups is 1. The summed E-state index contributed by atoms with van der Waals surface area (Å²) in [4.78, 5) is 30.5. The minimum Gasteiger partial charge on any atom is -0.337 e. The Bertz CT molecular complexity index is 673. The van der Waals surface area contributed by atoms with Gasteiger partial charge in [-0.1, -0.05) is 0 Å². The molecular weight excluding hydrogens is 280 g/mol. The fourth-order valence-corrected chi connectivity index (χ4v) is 3.64. The average molecular weight is 302 g/mol. The Hall–Kier alpha value is -1.85. The molecule has 2 saturated carbocycles. The molecule has 4 rings (SSSR count). The Morgan fingerprint density at radius 1 is 1.45 bits per heavy atom. The van der Waals surface area contributed by atoms with Crippen LogP contribution in [0.5, 0.6) is 0 Å². The van der Waals surface area contributed by atoms with Gasteiger partial charge in [0.25, 0.3) is 5.56 Å². The van der Waals surface area contributed by atoms with Crippen molar-refractivity contribution in [2.24, 2.45) is 18.4 Å². The van der Waals surface area contributed by atoms with Gasteiger partial charge in [-0.05, 0) is 43.4 Å². The van der Waals surface area contributed by atoms with Gasteiger partial charge >= 0.3 is 6.03 Å². The predicted molar refractivity (Wildman–Crippen MR) is 81.4 cm³/mol. The van der Waals surface area contributed by atoms with E-state index >= 15 is 0 Å². The van der Waals surface area contributed by atoms with Gasteiger partial charge < -0.3 is 14.8 Å². The fourth-order valence-electron chi connectivity index (χ4n) is 3.64. The maximum atomic E-state index is 12.4. The van der Waals surface area contributed by atoms with Crippen molar-refractivity contribution < 1.29 is 4.79 Å². The Morgan fingerprint density at radius 3 is 2.91 bits per heavy atom. The van der Waals surface area contributed by atoms with E-state index in [2.05, 4.69) is 10.3 Å². The zero-order chi connectivity index (χ0) is 15.3. The predicted octanol–water partition coefficient (Wildman–Crippen LogP) is 1.04. The topological polar surface area (TPSA) is 67.2 Å². The number of urea groups is 1. The van der Waals surface area contributed by atoms with Gasteiger partial charge in [0.15, 0.2) is 0 Å². The number of carbonyl (C=O) groups excluding carboxylic acids is 1. The van der Waals surface area contributed by atoms with Gasteiger partial charge in [-0.2, -0.15) is 0 Å². The lowest BCUT2D eigenvalue weighted by atomic mass is 10.0. The molecule has 6 heteroatoms. The molecule has 0 atom stereocenters. The van der Waals surface area contributed by atoms with Gasteiger partial charge in [-0.3, -0.25) is 4.79 Å². The van der Waals surface area contributed by atoms with Crippen molar-refractivity contribution in [2.75, 3.05) is 13.1 Å². The molecule has 3 aliphatic rings. The Labute approximate surface area is 129 Å². The van der Waals surface area contributed by atoms with E-state index in [1.165, 1.54) is 36.6 Å². The van der Waals surface area contributed by atoms with Crippen molar-refractivity contribution in [1.29, 1.82) is 0 Å². The van der Waals surface area contributed by atoms with Crippen LogP contribution in [0.3, 0.4) is 0 Å². The molecule has 1 aromatic rings. The molecule has 0 spiro atoms. The third kappa shape index (κ3) is 2.30. The van der Waals surface area contributed by atoms with Crippen molar-refractivity contribution in [3.63, 3.8) is 0 Å². The second-order valence-corrected chi connectivity index (χ2v) is 7.05. The van der Waals surface area contributed by atoms with Crippen molar-refractivity contribution in [1.82, 2.24) is 19.8 Å². The van der Waals surface area contributed by atoms with Gasteiger partial charge in [0, 0.05) is 25.7 Å². The summed E-state index contributed by atoms with van der Waals surface area (Å²) in [5.74, 6) is 0.847. The molecule has 0 radical (unpaired) electrons. The van der Waals surface area contributed by atoms with E-state index in [9.17, 15) is 9.59 Å². The summed E-state index contributed by atoms with van der Waals surface area (Å²) in [6.07, 6.45) is 7.32. The van der Waals surface area contributed by atoms with Crippen molar-refractivity contribution in [3.8, 4) is 0 Å². The summed E-state index contributed by atoms with van der Waals surface area (Å²) in [6, 6.07) is -0.0138. The molecule has 6 nitrogen and oxygen atoms in total. The standard InChI is InChI=1S/C16H22N4O2/c1-19-10-18-13-8-20(7-4-12(13)14(19)21)15(22)17-9-16(5-6-16)11-2-3-11/h10-11H,2-9H2,1H3,(H,17,22). The molecule has 1 aliphatic heterocycles. The minimum absolute atomic E-state index is 0.00993. The van der Waals surface area contributed by atoms with Gasteiger partial charge in [0.05, 0.1) is 18.6 Å². The zero-order valence-electron chi connectivity index (χ0n) is 13.0. The van der Waals surface area contributed by atoms with E-state index in [1.54, 1.807) is 11.9 Å². The van der Waals surface area contributed by atoms with E-state index < -0.39 is 0 Å². The van der Waals surface area contributed by atoms with Crippen molar-refractivity contribution >= 4 is 6.03 Å². The van der Waals surface area contributed by atoms with E-state index in [0.717, 1.165) is 23.7 Å². The highest BCUT2D eigenvalue weighted by Crippen LogP contribution is 2.60. The maximum Gasteiger partial charge on any atom is 0.317 e. The average Bonchev–Trinajstić information content (AvgIpc) is 3.40. The number of nitrogens with zero attached hydrogens (tertiary/aromatic N) is 3. The van der Waals surface area contributed by atoms with Crippen LogP contribution in [-0.2, 0) is 20.0 Å². The van der Waals surface area contributed by atoms with Crippen molar-refractivity contribution in [3.05, 3.63) is 27.9 Å². The lowest BCUT2D eigenvalue weighted by molar-refractivity contribution is 0.187. The summed E-state index contributed by atoms with van der Waals surface area (Å²) in [5, 5.41) is 3.11. The highest BCUT2D eigenvalue weighted by molar-refractivity contribution is 5.74. The van der Waals surface area contributed by atoms with Crippen LogP contribution in [0.15, 0.2) is 11.1 Å². The van der Waals surface area contributed by atoms with Gasteiger partial charge in [0.2, 0.25) is 0 Å². The van der Waals surface area contributed by atoms with Gasteiger partial charge in [-0.25, -0.2) is 9.78 Å². The number of hydrogen-bond donors (Lipinski definition) is 1. The molecule has 0 aromatic carbocycles. The smallest absolute Gasteiger partial charge is 0.317 e. The van der Waals surface area contributed by atoms with Crippen LogP contribution < -0.4 is 10.9 Å². The highest BCUT2D eigenvalue weighted by Gasteiger charge is 2.53. The van der Waals surface area contributed by atoms with Crippen LogP contribution in [0, 0.1) is 11.3 Å². The van der Waals surface area contributed by atoms with Crippen LogP contribution in [0.1, 0.15) is 36.9 Å². The first-order chi connectivity index (χ1) is 10.6. The summed E-state index contributed by atoms with van der Waals surface area (Å²) in [7, 11) is 1.71. The third-order valence-corrected chi connectivity index (χ3v) is 5.50. The van der Waals surface area contributed by atoms with E-state index in [-0.39, 0.29) is 11.6 Å². The Balaban J connectivity index is 1.40. The molecule has 2 amide bonds. The SMILES string of the molecule is Cn1cnc2c(c1=O)CCN(C(=O)NCC1(C3CC3)CC1)C2. The molecule has 22 heavy (non-hydrogen) atoms. The first-order valence-corrected chi connectivity index (χ1v) is 8.15. The number of aromatic nitrogens is 2. The minimum atomic E-state index is -0.0138. The third-order valence-electron chi connectivity index (χ3n) is 5.50. The summed E-state index contributed by atoms with van der Waals surface area (Å²) in [5.41, 5.74) is 1.92. The molecule has 0 bridgehead atoms. The van der Waals surface area contributed by atoms with Crippen LogP contribution in [0.4, 0.5) is 4.79 Å². The molecule has 118 valence electrons. The second-order valence-electron chi connectivity index (χ2n) is 7.05. The summed E-state index contributed by atoms with van der Waals surface area (Å²) >= 11 is 0. The van der Waals surface area contributed by atoms with Gasteiger partial charge in [0.1, 0.15) is 0 Å². The molecule has 0 saturated heterocycles. The lowest BCUT2D eigenvalue weighted by Gasteiger charge is -2.28. The van der Waals surface area contributed by atoms with Crippen LogP contribution in [0.2, 0.25) is 0 Å². The number of nitrogens with one attached hydrogen (secondary N) is 1. The molecule has 2 aliphatic carbocycles. The van der Waals surface area contributed by atoms with E-state index in [1.807, 2.05) is 0 Å². The molecule has 1 aromatic heterocycles. The first kappa shape index (κ1) is 13.8. The maximum absolute atomic E-state index is 12.4. The monoisotopic (exact) mass is 302 g/mol. The molecular formula is C16H22N4O2. The fraction of sp³-hybridized carbons (Fsp3) is 0.688. The van der Waals surface area contributed by atoms with Gasteiger partial charge in [-0.15, -0.1) is 0 Å². The molecule has 2 fully saturated rings. The normalized spacial score (nSPS) is 22.1. The number of rotatable bonds is 3. The second kappa shape index (κ2) is 4.83.